The molecule has 0 heterocycles. The fourth-order valence-electron chi connectivity index (χ4n) is 2.35. The molecule has 6 nitrogen and oxygen atoms in total. The Morgan fingerprint density at radius 1 is 1.12 bits per heavy atom. The second kappa shape index (κ2) is 8.39. The number of rotatable bonds is 7. The molecule has 0 saturated carbocycles. The Hall–Kier alpha value is -2.73. The van der Waals surface area contributed by atoms with Crippen molar-refractivity contribution in [2.75, 3.05) is 7.05 Å². The van der Waals surface area contributed by atoms with Gasteiger partial charge < -0.3 is 5.32 Å². The molecule has 0 aliphatic heterocycles. The molecule has 1 N–H and O–H groups in total. The standard InChI is InChI=1S/C19H23N3O3/c1-14(2)21(3)13-17-7-5-4-6-16(17)12-20-19(23)15-8-10-18(11-9-15)22(24)25/h4-11,14H,12-13H2,1-3H3,(H,20,23). The third-order valence-corrected chi connectivity index (χ3v) is 4.20. The topological polar surface area (TPSA) is 75.5 Å². The van der Waals surface area contributed by atoms with Crippen molar-refractivity contribution < 1.29 is 9.72 Å². The molecular weight excluding hydrogens is 318 g/mol. The van der Waals surface area contributed by atoms with Crippen molar-refractivity contribution in [3.05, 3.63) is 75.3 Å². The Bertz CT molecular complexity index is 742. The second-order valence-electron chi connectivity index (χ2n) is 6.26. The molecule has 2 aromatic carbocycles. The van der Waals surface area contributed by atoms with Crippen molar-refractivity contribution in [3.63, 3.8) is 0 Å². The summed E-state index contributed by atoms with van der Waals surface area (Å²) in [5, 5.41) is 13.5. The molecule has 25 heavy (non-hydrogen) atoms. The summed E-state index contributed by atoms with van der Waals surface area (Å²) < 4.78 is 0. The Morgan fingerprint density at radius 2 is 1.72 bits per heavy atom. The number of nitrogens with zero attached hydrogens (tertiary/aromatic N) is 2. The van der Waals surface area contributed by atoms with Crippen LogP contribution in [0, 0.1) is 10.1 Å². The first-order valence-corrected chi connectivity index (χ1v) is 8.18. The Balaban J connectivity index is 2.03. The fourth-order valence-corrected chi connectivity index (χ4v) is 2.35. The van der Waals surface area contributed by atoms with E-state index in [2.05, 4.69) is 37.2 Å². The average Bonchev–Trinajstić information content (AvgIpc) is 2.60. The zero-order chi connectivity index (χ0) is 18.4. The van der Waals surface area contributed by atoms with E-state index in [1.807, 2.05) is 18.2 Å². The molecule has 0 fully saturated rings. The number of hydrogen-bond acceptors (Lipinski definition) is 4. The predicted molar refractivity (Wildman–Crippen MR) is 97.3 cm³/mol. The summed E-state index contributed by atoms with van der Waals surface area (Å²) in [6.45, 7) is 5.50. The maximum atomic E-state index is 12.2. The van der Waals surface area contributed by atoms with Crippen molar-refractivity contribution in [1.29, 1.82) is 0 Å². The molecule has 0 spiro atoms. The van der Waals surface area contributed by atoms with Crippen molar-refractivity contribution in [3.8, 4) is 0 Å². The summed E-state index contributed by atoms with van der Waals surface area (Å²) in [5.74, 6) is -0.248. The van der Waals surface area contributed by atoms with Crippen LogP contribution in [0.4, 0.5) is 5.69 Å². The third kappa shape index (κ3) is 5.12. The zero-order valence-electron chi connectivity index (χ0n) is 14.7. The van der Waals surface area contributed by atoms with E-state index in [9.17, 15) is 14.9 Å². The minimum atomic E-state index is -0.483. The molecule has 0 aliphatic carbocycles. The first kappa shape index (κ1) is 18.6. The van der Waals surface area contributed by atoms with Gasteiger partial charge in [-0.15, -0.1) is 0 Å². The van der Waals surface area contributed by atoms with E-state index in [-0.39, 0.29) is 11.6 Å². The summed E-state index contributed by atoms with van der Waals surface area (Å²) in [5.41, 5.74) is 2.61. The molecule has 0 saturated heterocycles. The van der Waals surface area contributed by atoms with E-state index < -0.39 is 4.92 Å². The van der Waals surface area contributed by atoms with Gasteiger partial charge in [-0.2, -0.15) is 0 Å². The minimum Gasteiger partial charge on any atom is -0.348 e. The summed E-state index contributed by atoms with van der Waals surface area (Å²) in [6.07, 6.45) is 0. The number of carbonyl (C=O) groups excluding carboxylic acids is 1. The van der Waals surface area contributed by atoms with Gasteiger partial charge in [0.25, 0.3) is 11.6 Å². The van der Waals surface area contributed by atoms with Gasteiger partial charge >= 0.3 is 0 Å². The van der Waals surface area contributed by atoms with Crippen molar-refractivity contribution >= 4 is 11.6 Å². The summed E-state index contributed by atoms with van der Waals surface area (Å²) in [7, 11) is 2.07. The van der Waals surface area contributed by atoms with Crippen molar-refractivity contribution in [2.45, 2.75) is 33.0 Å². The van der Waals surface area contributed by atoms with Gasteiger partial charge in [-0.25, -0.2) is 0 Å². The van der Waals surface area contributed by atoms with Gasteiger partial charge in [-0.05, 0) is 44.2 Å². The highest BCUT2D eigenvalue weighted by molar-refractivity contribution is 5.94. The number of hydrogen-bond donors (Lipinski definition) is 1. The monoisotopic (exact) mass is 341 g/mol. The smallest absolute Gasteiger partial charge is 0.269 e. The molecule has 2 aromatic rings. The summed E-state index contributed by atoms with van der Waals surface area (Å²) in [4.78, 5) is 24.7. The molecule has 0 atom stereocenters. The van der Waals surface area contributed by atoms with E-state index in [0.717, 1.165) is 12.1 Å². The fraction of sp³-hybridized carbons (Fsp3) is 0.316. The second-order valence-corrected chi connectivity index (χ2v) is 6.26. The van der Waals surface area contributed by atoms with Gasteiger partial charge in [0.15, 0.2) is 0 Å². The largest absolute Gasteiger partial charge is 0.348 e. The van der Waals surface area contributed by atoms with Crippen molar-refractivity contribution in [2.24, 2.45) is 0 Å². The number of nitro groups is 1. The van der Waals surface area contributed by atoms with E-state index in [4.69, 9.17) is 0 Å². The molecule has 0 aromatic heterocycles. The third-order valence-electron chi connectivity index (χ3n) is 4.20. The Kier molecular flexibility index (Phi) is 6.25. The van der Waals surface area contributed by atoms with Crippen LogP contribution in [-0.4, -0.2) is 28.8 Å². The first-order valence-electron chi connectivity index (χ1n) is 8.18. The van der Waals surface area contributed by atoms with Gasteiger partial charge in [-0.3, -0.25) is 19.8 Å². The number of amides is 1. The minimum absolute atomic E-state index is 0.0291. The SMILES string of the molecule is CC(C)N(C)Cc1ccccc1CNC(=O)c1ccc([N+](=O)[O-])cc1. The lowest BCUT2D eigenvalue weighted by atomic mass is 10.1. The quantitative estimate of drug-likeness (QED) is 0.619. The van der Waals surface area contributed by atoms with Crippen LogP contribution in [0.2, 0.25) is 0 Å². The molecule has 0 radical (unpaired) electrons. The van der Waals surface area contributed by atoms with E-state index in [1.165, 1.54) is 29.8 Å². The molecular formula is C19H23N3O3. The number of nitrogens with one attached hydrogen (secondary N) is 1. The van der Waals surface area contributed by atoms with Crippen LogP contribution in [0.5, 0.6) is 0 Å². The first-order chi connectivity index (χ1) is 11.9. The molecule has 6 heteroatoms. The molecule has 0 bridgehead atoms. The van der Waals surface area contributed by atoms with Crippen LogP contribution in [-0.2, 0) is 13.1 Å². The Labute approximate surface area is 147 Å². The van der Waals surface area contributed by atoms with E-state index in [1.54, 1.807) is 0 Å². The van der Waals surface area contributed by atoms with Gasteiger partial charge in [0, 0.05) is 36.8 Å². The number of carbonyl (C=O) groups is 1. The van der Waals surface area contributed by atoms with Gasteiger partial charge in [0.2, 0.25) is 0 Å². The highest BCUT2D eigenvalue weighted by atomic mass is 16.6. The van der Waals surface area contributed by atoms with Gasteiger partial charge in [-0.1, -0.05) is 24.3 Å². The molecule has 0 aliphatic rings. The lowest BCUT2D eigenvalue weighted by Gasteiger charge is -2.22. The van der Waals surface area contributed by atoms with E-state index in [0.29, 0.717) is 18.2 Å². The van der Waals surface area contributed by atoms with Crippen molar-refractivity contribution in [1.82, 2.24) is 10.2 Å². The zero-order valence-corrected chi connectivity index (χ0v) is 14.7. The van der Waals surface area contributed by atoms with Crippen LogP contribution in [0.1, 0.15) is 35.3 Å². The lowest BCUT2D eigenvalue weighted by Crippen LogP contribution is -2.27. The van der Waals surface area contributed by atoms with Gasteiger partial charge in [0.1, 0.15) is 0 Å². The highest BCUT2D eigenvalue weighted by Crippen LogP contribution is 2.14. The summed E-state index contributed by atoms with van der Waals surface area (Å²) in [6, 6.07) is 14.0. The highest BCUT2D eigenvalue weighted by Gasteiger charge is 2.11. The van der Waals surface area contributed by atoms with Crippen LogP contribution >= 0.6 is 0 Å². The number of non-ortho nitro benzene ring substituents is 1. The predicted octanol–water partition coefficient (Wildman–Crippen LogP) is 3.37. The molecule has 1 amide bonds. The molecule has 2 rings (SSSR count). The maximum absolute atomic E-state index is 12.2. The van der Waals surface area contributed by atoms with Crippen LogP contribution in [0.25, 0.3) is 0 Å². The van der Waals surface area contributed by atoms with Crippen LogP contribution in [0.3, 0.4) is 0 Å². The van der Waals surface area contributed by atoms with Gasteiger partial charge in [0.05, 0.1) is 4.92 Å². The maximum Gasteiger partial charge on any atom is 0.269 e. The molecule has 0 unspecified atom stereocenters. The number of nitro benzene ring substituents is 1. The average molecular weight is 341 g/mol. The lowest BCUT2D eigenvalue weighted by molar-refractivity contribution is -0.384. The normalized spacial score (nSPS) is 10.9. The Morgan fingerprint density at radius 3 is 2.28 bits per heavy atom. The number of benzene rings is 2. The molecule has 132 valence electrons. The van der Waals surface area contributed by atoms with E-state index >= 15 is 0 Å². The van der Waals surface area contributed by atoms with Crippen LogP contribution < -0.4 is 5.32 Å². The van der Waals surface area contributed by atoms with Crippen LogP contribution in [0.15, 0.2) is 48.5 Å². The summed E-state index contributed by atoms with van der Waals surface area (Å²) >= 11 is 0.